The molecule has 0 spiro atoms. The molecule has 0 bridgehead atoms. The van der Waals surface area contributed by atoms with Gasteiger partial charge in [0.05, 0.1) is 11.9 Å². The van der Waals surface area contributed by atoms with Crippen LogP contribution in [0, 0.1) is 17.5 Å². The minimum Gasteiger partial charge on any atom is -0.386 e. The van der Waals surface area contributed by atoms with Gasteiger partial charge in [-0.05, 0) is 6.07 Å². The molecule has 0 unspecified atom stereocenters. The van der Waals surface area contributed by atoms with Gasteiger partial charge in [0, 0.05) is 31.9 Å². The Kier molecular flexibility index (Phi) is 3.02. The van der Waals surface area contributed by atoms with E-state index in [0.717, 1.165) is 6.07 Å². The molecule has 1 aromatic heterocycles. The first-order valence-electron chi connectivity index (χ1n) is 5.28. The van der Waals surface area contributed by atoms with E-state index in [0.29, 0.717) is 11.5 Å². The minimum atomic E-state index is -1.48. The smallest absolute Gasteiger partial charge is 0.195 e. The minimum absolute atomic E-state index is 0.00454. The lowest BCUT2D eigenvalue weighted by Gasteiger charge is -2.16. The molecule has 2 aromatic rings. The Bertz CT molecular complexity index is 611. The largest absolute Gasteiger partial charge is 0.386 e. The van der Waals surface area contributed by atoms with Crippen LogP contribution in [0.25, 0.3) is 10.8 Å². The van der Waals surface area contributed by atoms with Crippen LogP contribution in [0.4, 0.5) is 24.7 Å². The van der Waals surface area contributed by atoms with Crippen molar-refractivity contribution in [2.24, 2.45) is 0 Å². The molecule has 1 aromatic carbocycles. The molecule has 0 amide bonds. The third-order valence-corrected chi connectivity index (χ3v) is 2.68. The fourth-order valence-corrected chi connectivity index (χ4v) is 1.84. The predicted octanol–water partition coefficient (Wildman–Crippen LogP) is 2.76. The highest BCUT2D eigenvalue weighted by Crippen LogP contribution is 2.33. The summed E-state index contributed by atoms with van der Waals surface area (Å²) in [4.78, 5) is 5.71. The molecular formula is C12H12F3N3. The average Bonchev–Trinajstić information content (AvgIpc) is 2.34. The second-order valence-electron chi connectivity index (χ2n) is 4.05. The van der Waals surface area contributed by atoms with Gasteiger partial charge in [0.25, 0.3) is 0 Å². The number of hydrogen-bond donors (Lipinski definition) is 1. The van der Waals surface area contributed by atoms with E-state index < -0.39 is 17.5 Å². The summed E-state index contributed by atoms with van der Waals surface area (Å²) in [5.41, 5.74) is 0.312. The van der Waals surface area contributed by atoms with Crippen LogP contribution in [0.1, 0.15) is 0 Å². The number of hydrogen-bond acceptors (Lipinski definition) is 3. The second-order valence-corrected chi connectivity index (χ2v) is 4.05. The SMILES string of the molecule is CNc1cnc(N(C)C)c2cc(F)c(F)c(F)c12. The Morgan fingerprint density at radius 1 is 1.17 bits per heavy atom. The van der Waals surface area contributed by atoms with E-state index in [1.165, 1.54) is 6.20 Å². The zero-order valence-electron chi connectivity index (χ0n) is 10.2. The zero-order chi connectivity index (χ0) is 13.4. The maximum Gasteiger partial charge on any atom is 0.195 e. The zero-order valence-corrected chi connectivity index (χ0v) is 10.2. The molecule has 0 saturated heterocycles. The van der Waals surface area contributed by atoms with Gasteiger partial charge in [-0.2, -0.15) is 0 Å². The van der Waals surface area contributed by atoms with Crippen molar-refractivity contribution in [2.45, 2.75) is 0 Å². The molecule has 96 valence electrons. The van der Waals surface area contributed by atoms with Crippen molar-refractivity contribution in [1.29, 1.82) is 0 Å². The Morgan fingerprint density at radius 3 is 2.39 bits per heavy atom. The van der Waals surface area contributed by atoms with Crippen LogP contribution >= 0.6 is 0 Å². The molecule has 1 heterocycles. The number of anilines is 2. The van der Waals surface area contributed by atoms with Gasteiger partial charge < -0.3 is 10.2 Å². The third kappa shape index (κ3) is 1.73. The molecule has 0 aliphatic rings. The Morgan fingerprint density at radius 2 is 1.83 bits per heavy atom. The van der Waals surface area contributed by atoms with Gasteiger partial charge in [-0.3, -0.25) is 0 Å². The molecule has 6 heteroatoms. The van der Waals surface area contributed by atoms with Gasteiger partial charge in [-0.15, -0.1) is 0 Å². The first-order chi connectivity index (χ1) is 8.47. The van der Waals surface area contributed by atoms with Crippen LogP contribution in [-0.2, 0) is 0 Å². The summed E-state index contributed by atoms with van der Waals surface area (Å²) in [6, 6.07) is 0.955. The fourth-order valence-electron chi connectivity index (χ4n) is 1.84. The van der Waals surface area contributed by atoms with Crippen LogP contribution < -0.4 is 10.2 Å². The van der Waals surface area contributed by atoms with Crippen molar-refractivity contribution in [3.8, 4) is 0 Å². The highest BCUT2D eigenvalue weighted by atomic mass is 19.2. The number of halogens is 3. The van der Waals surface area contributed by atoms with E-state index in [1.54, 1.807) is 26.0 Å². The first-order valence-corrected chi connectivity index (χ1v) is 5.28. The molecular weight excluding hydrogens is 243 g/mol. The standard InChI is InChI=1S/C12H12F3N3/c1-16-8-5-17-12(18(2)3)6-4-7(13)10(14)11(15)9(6)8/h4-5,16H,1-3H3. The number of nitrogens with zero attached hydrogens (tertiary/aromatic N) is 2. The highest BCUT2D eigenvalue weighted by Gasteiger charge is 2.19. The van der Waals surface area contributed by atoms with Gasteiger partial charge in [0.15, 0.2) is 17.5 Å². The summed E-state index contributed by atoms with van der Waals surface area (Å²) < 4.78 is 40.5. The molecule has 3 nitrogen and oxygen atoms in total. The summed E-state index contributed by atoms with van der Waals surface area (Å²) in [5.74, 6) is -3.53. The summed E-state index contributed by atoms with van der Waals surface area (Å²) in [5, 5.41) is 2.93. The molecule has 0 fully saturated rings. The Hall–Kier alpha value is -1.98. The van der Waals surface area contributed by atoms with Crippen molar-refractivity contribution < 1.29 is 13.2 Å². The van der Waals surface area contributed by atoms with Gasteiger partial charge >= 0.3 is 0 Å². The first kappa shape index (κ1) is 12.5. The van der Waals surface area contributed by atoms with Gasteiger partial charge in [-0.1, -0.05) is 0 Å². The molecule has 0 aliphatic carbocycles. The fraction of sp³-hybridized carbons (Fsp3) is 0.250. The number of pyridine rings is 1. The lowest BCUT2D eigenvalue weighted by molar-refractivity contribution is 0.453. The second kappa shape index (κ2) is 4.36. The van der Waals surface area contributed by atoms with Crippen LogP contribution in [0.3, 0.4) is 0 Å². The van der Waals surface area contributed by atoms with Crippen molar-refractivity contribution >= 4 is 22.3 Å². The number of aromatic nitrogens is 1. The number of benzene rings is 1. The van der Waals surface area contributed by atoms with Crippen LogP contribution in [0.5, 0.6) is 0 Å². The van der Waals surface area contributed by atoms with Crippen molar-refractivity contribution in [2.75, 3.05) is 31.4 Å². The lowest BCUT2D eigenvalue weighted by atomic mass is 10.1. The monoisotopic (exact) mass is 255 g/mol. The van der Waals surface area contributed by atoms with Crippen molar-refractivity contribution in [3.05, 3.63) is 29.7 Å². The number of fused-ring (bicyclic) bond motifs is 1. The van der Waals surface area contributed by atoms with Gasteiger partial charge in [0.2, 0.25) is 0 Å². The van der Waals surface area contributed by atoms with Crippen LogP contribution in [0.15, 0.2) is 12.3 Å². The third-order valence-electron chi connectivity index (χ3n) is 2.68. The Balaban J connectivity index is 2.96. The molecule has 0 aliphatic heterocycles. The molecule has 18 heavy (non-hydrogen) atoms. The maximum atomic E-state index is 13.8. The number of nitrogens with one attached hydrogen (secondary N) is 1. The maximum absolute atomic E-state index is 13.8. The molecule has 2 rings (SSSR count). The van der Waals surface area contributed by atoms with Gasteiger partial charge in [0.1, 0.15) is 5.82 Å². The van der Waals surface area contributed by atoms with Crippen molar-refractivity contribution in [1.82, 2.24) is 4.98 Å². The quantitative estimate of drug-likeness (QED) is 0.836. The van der Waals surface area contributed by atoms with E-state index in [4.69, 9.17) is 0 Å². The van der Waals surface area contributed by atoms with E-state index in [2.05, 4.69) is 10.3 Å². The van der Waals surface area contributed by atoms with Crippen LogP contribution in [-0.4, -0.2) is 26.1 Å². The normalized spacial score (nSPS) is 10.8. The molecule has 1 N–H and O–H groups in total. The van der Waals surface area contributed by atoms with E-state index in [9.17, 15) is 13.2 Å². The average molecular weight is 255 g/mol. The Labute approximate surface area is 102 Å². The summed E-state index contributed by atoms with van der Waals surface area (Å²) >= 11 is 0. The summed E-state index contributed by atoms with van der Waals surface area (Å²) in [6.45, 7) is 0. The van der Waals surface area contributed by atoms with Gasteiger partial charge in [-0.25, -0.2) is 18.2 Å². The van der Waals surface area contributed by atoms with E-state index in [1.807, 2.05) is 0 Å². The predicted molar refractivity (Wildman–Crippen MR) is 65.5 cm³/mol. The molecule has 0 saturated carbocycles. The molecule has 0 radical (unpaired) electrons. The molecule has 0 atom stereocenters. The lowest BCUT2D eigenvalue weighted by Crippen LogP contribution is -2.12. The summed E-state index contributed by atoms with van der Waals surface area (Å²) in [7, 11) is 4.95. The summed E-state index contributed by atoms with van der Waals surface area (Å²) in [6.07, 6.45) is 1.39. The van der Waals surface area contributed by atoms with Crippen LogP contribution in [0.2, 0.25) is 0 Å². The number of rotatable bonds is 2. The highest BCUT2D eigenvalue weighted by molar-refractivity contribution is 6.00. The topological polar surface area (TPSA) is 28.2 Å². The van der Waals surface area contributed by atoms with Crippen molar-refractivity contribution in [3.63, 3.8) is 0 Å². The van der Waals surface area contributed by atoms with E-state index in [-0.39, 0.29) is 10.8 Å². The van der Waals surface area contributed by atoms with E-state index >= 15 is 0 Å².